The Hall–Kier alpha value is 0.260. The zero-order valence-corrected chi connectivity index (χ0v) is 13.1. The van der Waals surface area contributed by atoms with Gasteiger partial charge in [0.15, 0.2) is 5.34 Å². The van der Waals surface area contributed by atoms with Crippen LogP contribution in [-0.4, -0.2) is 36.2 Å². The highest BCUT2D eigenvalue weighted by Gasteiger charge is 2.50. The van der Waals surface area contributed by atoms with Gasteiger partial charge in [-0.1, -0.05) is 39.5 Å². The molecule has 0 aliphatic carbocycles. The minimum Gasteiger partial charge on any atom is -0.377 e. The number of hydrogen-bond acceptors (Lipinski definition) is 3. The van der Waals surface area contributed by atoms with Gasteiger partial charge in [0, 0.05) is 0 Å². The second-order valence-electron chi connectivity index (χ2n) is 4.97. The summed E-state index contributed by atoms with van der Waals surface area (Å²) in [7, 11) is -9.74. The van der Waals surface area contributed by atoms with Crippen molar-refractivity contribution in [1.82, 2.24) is 0 Å². The van der Waals surface area contributed by atoms with Crippen LogP contribution < -0.4 is 0 Å². The molecule has 0 saturated carbocycles. The van der Waals surface area contributed by atoms with Gasteiger partial charge < -0.3 is 24.7 Å². The van der Waals surface area contributed by atoms with E-state index in [0.29, 0.717) is 12.8 Å². The molecule has 7 nitrogen and oxygen atoms in total. The van der Waals surface area contributed by atoms with Crippen LogP contribution in [0.2, 0.25) is 0 Å². The van der Waals surface area contributed by atoms with Crippen LogP contribution >= 0.6 is 15.2 Å². The molecule has 0 aliphatic rings. The number of rotatable bonds is 9. The van der Waals surface area contributed by atoms with E-state index in [0.717, 1.165) is 12.8 Å². The standard InChI is InChI=1S/C10H24O7P2/c1-3-5-6-9(4-2)7-10(11,19(15,16)17)8-18(12,13)14/h9,11H,3-8H2,1-2H3,(H2,12,13,14)(H2,15,16,17). The van der Waals surface area contributed by atoms with Gasteiger partial charge in [0.2, 0.25) is 0 Å². The summed E-state index contributed by atoms with van der Waals surface area (Å²) in [5.41, 5.74) is 0. The molecule has 2 atom stereocenters. The Morgan fingerprint density at radius 2 is 1.63 bits per heavy atom. The summed E-state index contributed by atoms with van der Waals surface area (Å²) in [5, 5.41) is 7.38. The monoisotopic (exact) mass is 318 g/mol. The molecular formula is C10H24O7P2. The van der Waals surface area contributed by atoms with Crippen molar-refractivity contribution in [3.63, 3.8) is 0 Å². The van der Waals surface area contributed by atoms with Gasteiger partial charge in [0.1, 0.15) is 0 Å². The Bertz CT molecular complexity index is 361. The molecule has 0 aromatic carbocycles. The van der Waals surface area contributed by atoms with Crippen molar-refractivity contribution in [2.24, 2.45) is 5.92 Å². The lowest BCUT2D eigenvalue weighted by molar-refractivity contribution is 0.0776. The highest BCUT2D eigenvalue weighted by molar-refractivity contribution is 7.57. The molecule has 0 amide bonds. The lowest BCUT2D eigenvalue weighted by Crippen LogP contribution is -2.35. The number of hydrogen-bond donors (Lipinski definition) is 5. The van der Waals surface area contributed by atoms with Crippen molar-refractivity contribution in [3.05, 3.63) is 0 Å². The van der Waals surface area contributed by atoms with Crippen molar-refractivity contribution in [1.29, 1.82) is 0 Å². The van der Waals surface area contributed by atoms with E-state index < -0.39 is 26.7 Å². The van der Waals surface area contributed by atoms with Crippen LogP contribution in [0.5, 0.6) is 0 Å². The Balaban J connectivity index is 5.05. The van der Waals surface area contributed by atoms with Gasteiger partial charge >= 0.3 is 15.2 Å². The van der Waals surface area contributed by atoms with Crippen molar-refractivity contribution in [3.8, 4) is 0 Å². The van der Waals surface area contributed by atoms with E-state index in [1.54, 1.807) is 0 Å². The van der Waals surface area contributed by atoms with Crippen LogP contribution in [0.25, 0.3) is 0 Å². The highest BCUT2D eigenvalue weighted by atomic mass is 31.2. The van der Waals surface area contributed by atoms with Crippen molar-refractivity contribution < 1.29 is 33.8 Å². The van der Waals surface area contributed by atoms with Crippen molar-refractivity contribution in [2.75, 3.05) is 6.16 Å². The molecule has 0 fully saturated rings. The normalized spacial score (nSPS) is 18.1. The Morgan fingerprint density at radius 3 is 1.95 bits per heavy atom. The second kappa shape index (κ2) is 7.32. The second-order valence-corrected chi connectivity index (χ2v) is 8.54. The van der Waals surface area contributed by atoms with Crippen LogP contribution in [0.3, 0.4) is 0 Å². The Kier molecular flexibility index (Phi) is 7.42. The van der Waals surface area contributed by atoms with E-state index in [-0.39, 0.29) is 12.3 Å². The molecule has 116 valence electrons. The topological polar surface area (TPSA) is 135 Å². The molecule has 5 N–H and O–H groups in total. The fourth-order valence-corrected chi connectivity index (χ4v) is 4.59. The summed E-state index contributed by atoms with van der Waals surface area (Å²) in [6.07, 6.45) is 1.47. The van der Waals surface area contributed by atoms with Crippen LogP contribution in [-0.2, 0) is 9.13 Å². The van der Waals surface area contributed by atoms with E-state index in [9.17, 15) is 24.0 Å². The third kappa shape index (κ3) is 7.00. The Labute approximate surface area is 113 Å². The fraction of sp³-hybridized carbons (Fsp3) is 1.00. The number of unbranched alkanes of at least 4 members (excludes halogenated alkanes) is 1. The quantitative estimate of drug-likeness (QED) is 0.408. The molecule has 0 spiro atoms. The zero-order valence-electron chi connectivity index (χ0n) is 11.3. The first-order valence-corrected chi connectivity index (χ1v) is 9.68. The SMILES string of the molecule is CCCCC(CC)CC(O)(CP(=O)(O)O)P(=O)(O)O. The molecule has 0 aromatic heterocycles. The fourth-order valence-electron chi connectivity index (χ4n) is 2.01. The molecule has 0 aromatic rings. The van der Waals surface area contributed by atoms with Gasteiger partial charge in [0.25, 0.3) is 0 Å². The van der Waals surface area contributed by atoms with E-state index >= 15 is 0 Å². The average molecular weight is 318 g/mol. The predicted octanol–water partition coefficient (Wildman–Crippen LogP) is 1.64. The molecule has 2 unspecified atom stereocenters. The summed E-state index contributed by atoms with van der Waals surface area (Å²) < 4.78 is 22.3. The molecule has 0 rings (SSSR count). The maximum atomic E-state index is 11.4. The van der Waals surface area contributed by atoms with E-state index in [4.69, 9.17) is 9.79 Å². The lowest BCUT2D eigenvalue weighted by Gasteiger charge is -2.32. The third-order valence-corrected chi connectivity index (χ3v) is 5.77. The smallest absolute Gasteiger partial charge is 0.357 e. The van der Waals surface area contributed by atoms with Gasteiger partial charge in [-0.2, -0.15) is 0 Å². The minimum absolute atomic E-state index is 0.177. The largest absolute Gasteiger partial charge is 0.377 e. The van der Waals surface area contributed by atoms with Gasteiger partial charge in [-0.15, -0.1) is 0 Å². The van der Waals surface area contributed by atoms with Crippen molar-refractivity contribution >= 4 is 15.2 Å². The maximum absolute atomic E-state index is 11.4. The predicted molar refractivity (Wildman–Crippen MR) is 71.8 cm³/mol. The lowest BCUT2D eigenvalue weighted by atomic mass is 9.93. The van der Waals surface area contributed by atoms with Gasteiger partial charge in [-0.3, -0.25) is 9.13 Å². The maximum Gasteiger partial charge on any atom is 0.357 e. The molecule has 0 aliphatic heterocycles. The summed E-state index contributed by atoms with van der Waals surface area (Å²) in [5.74, 6) is -0.177. The molecule has 0 bridgehead atoms. The van der Waals surface area contributed by atoms with E-state index in [1.165, 1.54) is 0 Å². The molecule has 0 saturated heterocycles. The van der Waals surface area contributed by atoms with E-state index in [2.05, 4.69) is 0 Å². The van der Waals surface area contributed by atoms with Crippen LogP contribution in [0.15, 0.2) is 0 Å². The summed E-state index contributed by atoms with van der Waals surface area (Å²) in [4.78, 5) is 36.1. The van der Waals surface area contributed by atoms with Gasteiger partial charge in [-0.25, -0.2) is 0 Å². The van der Waals surface area contributed by atoms with Gasteiger partial charge in [0.05, 0.1) is 6.16 Å². The Morgan fingerprint density at radius 1 is 1.11 bits per heavy atom. The summed E-state index contributed by atoms with van der Waals surface area (Å²) >= 11 is 0. The molecule has 0 radical (unpaired) electrons. The third-order valence-electron chi connectivity index (χ3n) is 3.16. The van der Waals surface area contributed by atoms with Gasteiger partial charge in [-0.05, 0) is 12.3 Å². The van der Waals surface area contributed by atoms with Crippen molar-refractivity contribution in [2.45, 2.75) is 51.3 Å². The summed E-state index contributed by atoms with van der Waals surface area (Å²) in [6.45, 7) is 3.79. The van der Waals surface area contributed by atoms with Crippen LogP contribution in [0.1, 0.15) is 46.0 Å². The highest BCUT2D eigenvalue weighted by Crippen LogP contribution is 2.58. The first kappa shape index (κ1) is 19.3. The first-order chi connectivity index (χ1) is 8.45. The average Bonchev–Trinajstić information content (AvgIpc) is 2.20. The summed E-state index contributed by atoms with van der Waals surface area (Å²) in [6, 6.07) is 0. The van der Waals surface area contributed by atoms with Crippen LogP contribution in [0.4, 0.5) is 0 Å². The zero-order chi connectivity index (χ0) is 15.3. The molecule has 9 heteroatoms. The first-order valence-electron chi connectivity index (χ1n) is 6.27. The minimum atomic E-state index is -5.02. The van der Waals surface area contributed by atoms with Crippen LogP contribution in [0, 0.1) is 5.92 Å². The molecular weight excluding hydrogens is 294 g/mol. The number of aliphatic hydroxyl groups is 1. The molecule has 19 heavy (non-hydrogen) atoms. The molecule has 0 heterocycles. The van der Waals surface area contributed by atoms with E-state index in [1.807, 2.05) is 13.8 Å².